The predicted octanol–water partition coefficient (Wildman–Crippen LogP) is 4.89. The van der Waals surface area contributed by atoms with Gasteiger partial charge in [-0.3, -0.25) is 15.2 Å². The van der Waals surface area contributed by atoms with Gasteiger partial charge in [-0.1, -0.05) is 41.9 Å². The zero-order valence-electron chi connectivity index (χ0n) is 15.1. The Morgan fingerprint density at radius 2 is 1.60 bits per heavy atom. The van der Waals surface area contributed by atoms with Crippen LogP contribution in [0.25, 0.3) is 11.3 Å². The molecule has 6 nitrogen and oxygen atoms in total. The first-order chi connectivity index (χ1) is 14.2. The molecule has 0 aliphatic carbocycles. The number of alkyl halides is 3. The van der Waals surface area contributed by atoms with Crippen molar-refractivity contribution in [3.8, 4) is 11.3 Å². The number of hydrazine groups is 1. The third-order valence-electron chi connectivity index (χ3n) is 3.91. The second kappa shape index (κ2) is 8.83. The van der Waals surface area contributed by atoms with Crippen LogP contribution in [0.3, 0.4) is 0 Å². The Bertz CT molecular complexity index is 1060. The number of carbonyl (C=O) groups is 2. The van der Waals surface area contributed by atoms with Crippen molar-refractivity contribution < 1.29 is 22.8 Å². The maximum absolute atomic E-state index is 12.7. The molecule has 1 aromatic heterocycles. The van der Waals surface area contributed by atoms with Gasteiger partial charge < -0.3 is 5.32 Å². The topological polar surface area (TPSA) is 83.1 Å². The Hall–Kier alpha value is -3.59. The maximum Gasteiger partial charge on any atom is 0.417 e. The molecule has 0 aliphatic rings. The quantitative estimate of drug-likeness (QED) is 0.513. The zero-order valence-corrected chi connectivity index (χ0v) is 15.9. The van der Waals surface area contributed by atoms with Crippen LogP contribution in [0, 0.1) is 0 Å². The number of aromatic nitrogens is 1. The van der Waals surface area contributed by atoms with Gasteiger partial charge in [-0.15, -0.1) is 0 Å². The molecule has 0 radical (unpaired) electrons. The van der Waals surface area contributed by atoms with Crippen molar-refractivity contribution in [1.29, 1.82) is 0 Å². The van der Waals surface area contributed by atoms with E-state index in [-0.39, 0.29) is 16.3 Å². The van der Waals surface area contributed by atoms with E-state index < -0.39 is 23.7 Å². The molecule has 0 spiro atoms. The first kappa shape index (κ1) is 21.1. The van der Waals surface area contributed by atoms with E-state index in [1.165, 1.54) is 24.3 Å². The van der Waals surface area contributed by atoms with E-state index in [1.54, 1.807) is 30.3 Å². The van der Waals surface area contributed by atoms with Crippen LogP contribution in [0.1, 0.15) is 15.9 Å². The Morgan fingerprint density at radius 1 is 0.933 bits per heavy atom. The molecule has 30 heavy (non-hydrogen) atoms. The number of hydrogen-bond acceptors (Lipinski definition) is 3. The number of carbonyl (C=O) groups excluding carboxylic acids is 2. The highest BCUT2D eigenvalue weighted by molar-refractivity contribution is 6.33. The predicted molar refractivity (Wildman–Crippen MR) is 106 cm³/mol. The lowest BCUT2D eigenvalue weighted by molar-refractivity contribution is -0.137. The molecule has 1 heterocycles. The fourth-order valence-electron chi connectivity index (χ4n) is 2.45. The summed E-state index contributed by atoms with van der Waals surface area (Å²) in [6.07, 6.45) is -3.85. The second-order valence-corrected chi connectivity index (χ2v) is 6.44. The van der Waals surface area contributed by atoms with E-state index in [0.717, 1.165) is 6.07 Å². The molecule has 0 saturated heterocycles. The first-order valence-electron chi connectivity index (χ1n) is 8.49. The van der Waals surface area contributed by atoms with Crippen LogP contribution in [0.2, 0.25) is 5.02 Å². The van der Waals surface area contributed by atoms with Gasteiger partial charge in [-0.05, 0) is 30.3 Å². The third-order valence-corrected chi connectivity index (χ3v) is 4.20. The van der Waals surface area contributed by atoms with Gasteiger partial charge in [0.1, 0.15) is 0 Å². The van der Waals surface area contributed by atoms with Gasteiger partial charge in [0.2, 0.25) is 0 Å². The molecular formula is C20H14ClF3N4O2. The van der Waals surface area contributed by atoms with E-state index >= 15 is 0 Å². The summed E-state index contributed by atoms with van der Waals surface area (Å²) in [5.74, 6) is -0.587. The average Bonchev–Trinajstić information content (AvgIpc) is 2.72. The summed E-state index contributed by atoms with van der Waals surface area (Å²) in [4.78, 5) is 27.7. The number of nitrogens with one attached hydrogen (secondary N) is 3. The number of anilines is 1. The largest absolute Gasteiger partial charge is 0.417 e. The maximum atomic E-state index is 12.7. The van der Waals surface area contributed by atoms with Crippen molar-refractivity contribution in [2.24, 2.45) is 0 Å². The Balaban J connectivity index is 1.62. The molecule has 0 saturated carbocycles. The Kier molecular flexibility index (Phi) is 6.22. The van der Waals surface area contributed by atoms with E-state index in [4.69, 9.17) is 11.6 Å². The van der Waals surface area contributed by atoms with Gasteiger partial charge in [0, 0.05) is 23.0 Å². The molecule has 0 aliphatic heterocycles. The number of nitrogens with zero attached hydrogens (tertiary/aromatic N) is 1. The summed E-state index contributed by atoms with van der Waals surface area (Å²) in [5.41, 5.74) is 4.85. The SMILES string of the molecule is O=C(NNC(=O)c1ccc(-c2ncc(C(F)(F)F)cc2Cl)cc1)Nc1ccccc1. The molecular weight excluding hydrogens is 421 g/mol. The lowest BCUT2D eigenvalue weighted by atomic mass is 10.1. The fourth-order valence-corrected chi connectivity index (χ4v) is 2.73. The average molecular weight is 435 g/mol. The molecule has 2 aromatic carbocycles. The van der Waals surface area contributed by atoms with Crippen molar-refractivity contribution in [3.63, 3.8) is 0 Å². The lowest BCUT2D eigenvalue weighted by Crippen LogP contribution is -2.43. The first-order valence-corrected chi connectivity index (χ1v) is 8.87. The second-order valence-electron chi connectivity index (χ2n) is 6.03. The smallest absolute Gasteiger partial charge is 0.307 e. The van der Waals surface area contributed by atoms with E-state index in [2.05, 4.69) is 21.2 Å². The van der Waals surface area contributed by atoms with Gasteiger partial charge in [-0.2, -0.15) is 13.2 Å². The summed E-state index contributed by atoms with van der Waals surface area (Å²) in [6, 6.07) is 14.6. The van der Waals surface area contributed by atoms with Gasteiger partial charge in [0.25, 0.3) is 5.91 Å². The van der Waals surface area contributed by atoms with Crippen molar-refractivity contribution >= 4 is 29.2 Å². The summed E-state index contributed by atoms with van der Waals surface area (Å²) in [6.45, 7) is 0. The molecule has 10 heteroatoms. The molecule has 0 atom stereocenters. The summed E-state index contributed by atoms with van der Waals surface area (Å²) < 4.78 is 38.2. The van der Waals surface area contributed by atoms with Crippen LogP contribution in [0.15, 0.2) is 66.9 Å². The van der Waals surface area contributed by atoms with Gasteiger partial charge in [-0.25, -0.2) is 10.2 Å². The summed E-state index contributed by atoms with van der Waals surface area (Å²) >= 11 is 5.93. The van der Waals surface area contributed by atoms with Gasteiger partial charge in [0.05, 0.1) is 16.3 Å². The highest BCUT2D eigenvalue weighted by Gasteiger charge is 2.31. The number of urea groups is 1. The number of halogens is 4. The monoisotopic (exact) mass is 434 g/mol. The number of rotatable bonds is 3. The van der Waals surface area contributed by atoms with E-state index in [9.17, 15) is 22.8 Å². The van der Waals surface area contributed by atoms with E-state index in [1.807, 2.05) is 0 Å². The number of hydrogen-bond donors (Lipinski definition) is 3. The molecule has 3 aromatic rings. The summed E-state index contributed by atoms with van der Waals surface area (Å²) in [5, 5.41) is 2.37. The number of amides is 3. The molecule has 0 bridgehead atoms. The number of para-hydroxylation sites is 1. The van der Waals surface area contributed by atoms with Crippen LogP contribution < -0.4 is 16.2 Å². The van der Waals surface area contributed by atoms with Crippen molar-refractivity contribution in [2.45, 2.75) is 6.18 Å². The van der Waals surface area contributed by atoms with E-state index in [0.29, 0.717) is 17.4 Å². The van der Waals surface area contributed by atoms with Gasteiger partial charge >= 0.3 is 12.2 Å². The standard InChI is InChI=1S/C20H14ClF3N4O2/c21-16-10-14(20(22,23)24)11-25-17(16)12-6-8-13(9-7-12)18(29)27-28-19(30)26-15-4-2-1-3-5-15/h1-11H,(H,27,29)(H2,26,28,30). The molecule has 0 unspecified atom stereocenters. The normalized spacial score (nSPS) is 10.9. The van der Waals surface area contributed by atoms with Crippen LogP contribution in [0.5, 0.6) is 0 Å². The van der Waals surface area contributed by atoms with Gasteiger partial charge in [0.15, 0.2) is 0 Å². The van der Waals surface area contributed by atoms with Crippen molar-refractivity contribution in [1.82, 2.24) is 15.8 Å². The number of pyridine rings is 1. The third kappa shape index (κ3) is 5.26. The Morgan fingerprint density at radius 3 is 2.20 bits per heavy atom. The molecule has 3 amide bonds. The fraction of sp³-hybridized carbons (Fsp3) is 0.0500. The lowest BCUT2D eigenvalue weighted by Gasteiger charge is -2.10. The minimum Gasteiger partial charge on any atom is -0.307 e. The van der Waals surface area contributed by atoms with Crippen LogP contribution in [-0.2, 0) is 6.18 Å². The molecule has 3 rings (SSSR count). The highest BCUT2D eigenvalue weighted by Crippen LogP contribution is 2.34. The summed E-state index contributed by atoms with van der Waals surface area (Å²) in [7, 11) is 0. The van der Waals surface area contributed by atoms with Crippen molar-refractivity contribution in [2.75, 3.05) is 5.32 Å². The van der Waals surface area contributed by atoms with Crippen molar-refractivity contribution in [3.05, 3.63) is 83.0 Å². The minimum absolute atomic E-state index is 0.150. The number of benzene rings is 2. The Labute approximate surface area is 174 Å². The minimum atomic E-state index is -4.54. The van der Waals surface area contributed by atoms with Crippen LogP contribution in [-0.4, -0.2) is 16.9 Å². The molecule has 3 N–H and O–H groups in total. The zero-order chi connectivity index (χ0) is 21.7. The molecule has 0 fully saturated rings. The van der Waals surface area contributed by atoms with Crippen LogP contribution >= 0.6 is 11.6 Å². The molecule has 154 valence electrons. The van der Waals surface area contributed by atoms with Crippen LogP contribution in [0.4, 0.5) is 23.7 Å². The highest BCUT2D eigenvalue weighted by atomic mass is 35.5.